The van der Waals surface area contributed by atoms with E-state index in [9.17, 15) is 0 Å². The van der Waals surface area contributed by atoms with E-state index in [0.29, 0.717) is 0 Å². The molecule has 2 aromatic carbocycles. The largest absolute Gasteiger partial charge is 0.380 e. The Labute approximate surface area is 102 Å². The Bertz CT molecular complexity index is 494. The third kappa shape index (κ3) is 2.59. The molecule has 2 aromatic rings. The molecule has 0 bridgehead atoms. The smallest absolute Gasteiger partial charge is 0.155 e. The van der Waals surface area contributed by atoms with Crippen molar-refractivity contribution in [3.8, 4) is 5.75 Å². The number of aryl methyl sites for hydroxylation is 1. The lowest BCUT2D eigenvalue weighted by atomic mass is 10.1. The molecule has 2 heteroatoms. The molecular formula is C15H17NO. The van der Waals surface area contributed by atoms with Crippen molar-refractivity contribution in [2.75, 3.05) is 12.1 Å². The summed E-state index contributed by atoms with van der Waals surface area (Å²) >= 11 is 0. The number of rotatable bonds is 3. The molecule has 2 nitrogen and oxygen atoms in total. The fourth-order valence-corrected chi connectivity index (χ4v) is 1.77. The van der Waals surface area contributed by atoms with Gasteiger partial charge in [-0.05, 0) is 43.2 Å². The quantitative estimate of drug-likeness (QED) is 0.741. The van der Waals surface area contributed by atoms with Crippen LogP contribution in [0.5, 0.6) is 5.75 Å². The van der Waals surface area contributed by atoms with Crippen LogP contribution in [0.4, 0.5) is 5.69 Å². The highest BCUT2D eigenvalue weighted by atomic mass is 16.7. The maximum Gasteiger partial charge on any atom is 0.155 e. The maximum atomic E-state index is 5.77. The molecule has 88 valence electrons. The van der Waals surface area contributed by atoms with Crippen LogP contribution in [0.3, 0.4) is 0 Å². The zero-order chi connectivity index (χ0) is 12.3. The molecule has 0 aliphatic carbocycles. The number of nitrogens with zero attached hydrogens (tertiary/aromatic N) is 1. The molecule has 2 rings (SSSR count). The van der Waals surface area contributed by atoms with Gasteiger partial charge in [-0.1, -0.05) is 30.3 Å². The molecule has 0 aliphatic rings. The summed E-state index contributed by atoms with van der Waals surface area (Å²) in [5.41, 5.74) is 3.60. The molecule has 0 unspecified atom stereocenters. The Morgan fingerprint density at radius 1 is 0.882 bits per heavy atom. The minimum absolute atomic E-state index is 0.843. The van der Waals surface area contributed by atoms with Crippen LogP contribution >= 0.6 is 0 Å². The molecule has 0 heterocycles. The van der Waals surface area contributed by atoms with E-state index in [1.54, 1.807) is 5.06 Å². The molecule has 0 saturated heterocycles. The van der Waals surface area contributed by atoms with Crippen molar-refractivity contribution >= 4 is 5.69 Å². The van der Waals surface area contributed by atoms with Gasteiger partial charge in [0.2, 0.25) is 0 Å². The average molecular weight is 227 g/mol. The standard InChI is InChI=1S/C15H17NO/c1-12-8-7-11-15(13(12)2)16(3)17-14-9-5-4-6-10-14/h4-11H,1-3H3. The van der Waals surface area contributed by atoms with Gasteiger partial charge in [0.25, 0.3) is 0 Å². The van der Waals surface area contributed by atoms with E-state index < -0.39 is 0 Å². The van der Waals surface area contributed by atoms with Gasteiger partial charge < -0.3 is 4.84 Å². The van der Waals surface area contributed by atoms with Gasteiger partial charge in [-0.2, -0.15) is 0 Å². The third-order valence-corrected chi connectivity index (χ3v) is 2.90. The molecule has 0 fully saturated rings. The third-order valence-electron chi connectivity index (χ3n) is 2.90. The second-order valence-corrected chi connectivity index (χ2v) is 4.12. The Hall–Kier alpha value is -1.96. The van der Waals surface area contributed by atoms with Gasteiger partial charge in [-0.15, -0.1) is 0 Å². The van der Waals surface area contributed by atoms with Crippen molar-refractivity contribution in [2.45, 2.75) is 13.8 Å². The topological polar surface area (TPSA) is 12.5 Å². The number of anilines is 1. The van der Waals surface area contributed by atoms with Crippen molar-refractivity contribution < 1.29 is 4.84 Å². The molecule has 0 atom stereocenters. The van der Waals surface area contributed by atoms with Crippen molar-refractivity contribution in [3.05, 3.63) is 59.7 Å². The van der Waals surface area contributed by atoms with Gasteiger partial charge in [0, 0.05) is 7.05 Å². The lowest BCUT2D eigenvalue weighted by Gasteiger charge is -2.22. The summed E-state index contributed by atoms with van der Waals surface area (Å²) in [6, 6.07) is 16.0. The van der Waals surface area contributed by atoms with Crippen LogP contribution in [0.1, 0.15) is 11.1 Å². The first-order valence-corrected chi connectivity index (χ1v) is 5.71. The van der Waals surface area contributed by atoms with Crippen molar-refractivity contribution in [2.24, 2.45) is 0 Å². The van der Waals surface area contributed by atoms with Crippen molar-refractivity contribution in [3.63, 3.8) is 0 Å². The monoisotopic (exact) mass is 227 g/mol. The summed E-state index contributed by atoms with van der Waals surface area (Å²) in [4.78, 5) is 5.77. The van der Waals surface area contributed by atoms with Crippen molar-refractivity contribution in [1.82, 2.24) is 0 Å². The first-order valence-electron chi connectivity index (χ1n) is 5.71. The van der Waals surface area contributed by atoms with Crippen LogP contribution in [0, 0.1) is 13.8 Å². The number of hydroxylamine groups is 1. The lowest BCUT2D eigenvalue weighted by molar-refractivity contribution is 0.303. The van der Waals surface area contributed by atoms with E-state index in [1.165, 1.54) is 11.1 Å². The summed E-state index contributed by atoms with van der Waals surface area (Å²) < 4.78 is 0. The predicted molar refractivity (Wildman–Crippen MR) is 71.4 cm³/mol. The zero-order valence-corrected chi connectivity index (χ0v) is 10.5. The first kappa shape index (κ1) is 11.5. The van der Waals surface area contributed by atoms with E-state index in [2.05, 4.69) is 26.0 Å². The van der Waals surface area contributed by atoms with Gasteiger partial charge in [-0.3, -0.25) is 0 Å². The molecule has 17 heavy (non-hydrogen) atoms. The number of hydrogen-bond acceptors (Lipinski definition) is 2. The molecule has 0 spiro atoms. The van der Waals surface area contributed by atoms with E-state index >= 15 is 0 Å². The van der Waals surface area contributed by atoms with E-state index in [1.807, 2.05) is 43.4 Å². The van der Waals surface area contributed by atoms with Crippen LogP contribution in [0.15, 0.2) is 48.5 Å². The fraction of sp³-hybridized carbons (Fsp3) is 0.200. The number of para-hydroxylation sites is 1. The van der Waals surface area contributed by atoms with Gasteiger partial charge in [0.1, 0.15) is 0 Å². The summed E-state index contributed by atoms with van der Waals surface area (Å²) in [6.45, 7) is 4.21. The predicted octanol–water partition coefficient (Wildman–Crippen LogP) is 3.73. The second kappa shape index (κ2) is 4.91. The Kier molecular flexibility index (Phi) is 3.33. The minimum atomic E-state index is 0.843. The molecule has 0 aromatic heterocycles. The summed E-state index contributed by atoms with van der Waals surface area (Å²) in [5, 5.41) is 1.80. The Morgan fingerprint density at radius 2 is 1.59 bits per heavy atom. The Balaban J connectivity index is 2.20. The molecule has 0 amide bonds. The summed E-state index contributed by atoms with van der Waals surface area (Å²) in [7, 11) is 1.93. The molecule has 0 radical (unpaired) electrons. The van der Waals surface area contributed by atoms with Crippen LogP contribution in [0.2, 0.25) is 0 Å². The molecule has 0 saturated carbocycles. The first-order chi connectivity index (χ1) is 8.18. The SMILES string of the molecule is Cc1cccc(N(C)Oc2ccccc2)c1C. The van der Waals surface area contributed by atoms with Crippen LogP contribution in [0.25, 0.3) is 0 Å². The van der Waals surface area contributed by atoms with Crippen molar-refractivity contribution in [1.29, 1.82) is 0 Å². The van der Waals surface area contributed by atoms with Crippen LogP contribution in [-0.2, 0) is 0 Å². The average Bonchev–Trinajstić information content (AvgIpc) is 2.34. The summed E-state index contributed by atoms with van der Waals surface area (Å²) in [5.74, 6) is 0.843. The van der Waals surface area contributed by atoms with Gasteiger partial charge in [0.15, 0.2) is 5.75 Å². The lowest BCUT2D eigenvalue weighted by Crippen LogP contribution is -2.22. The molecular weight excluding hydrogens is 210 g/mol. The highest BCUT2D eigenvalue weighted by molar-refractivity contribution is 5.54. The van der Waals surface area contributed by atoms with Crippen LogP contribution in [-0.4, -0.2) is 7.05 Å². The Morgan fingerprint density at radius 3 is 2.29 bits per heavy atom. The number of hydrogen-bond donors (Lipinski definition) is 0. The van der Waals surface area contributed by atoms with Gasteiger partial charge in [-0.25, -0.2) is 5.06 Å². The van der Waals surface area contributed by atoms with Gasteiger partial charge in [0.05, 0.1) is 5.69 Å². The number of benzene rings is 2. The minimum Gasteiger partial charge on any atom is -0.380 e. The highest BCUT2D eigenvalue weighted by Gasteiger charge is 2.07. The fourth-order valence-electron chi connectivity index (χ4n) is 1.77. The summed E-state index contributed by atoms with van der Waals surface area (Å²) in [6.07, 6.45) is 0. The van der Waals surface area contributed by atoms with E-state index in [-0.39, 0.29) is 0 Å². The normalized spacial score (nSPS) is 10.1. The molecule has 0 N–H and O–H groups in total. The van der Waals surface area contributed by atoms with E-state index in [4.69, 9.17) is 4.84 Å². The van der Waals surface area contributed by atoms with Crippen LogP contribution < -0.4 is 9.90 Å². The van der Waals surface area contributed by atoms with E-state index in [0.717, 1.165) is 11.4 Å². The molecule has 0 aliphatic heterocycles. The second-order valence-electron chi connectivity index (χ2n) is 4.12. The van der Waals surface area contributed by atoms with Gasteiger partial charge >= 0.3 is 0 Å². The maximum absolute atomic E-state index is 5.77. The highest BCUT2D eigenvalue weighted by Crippen LogP contribution is 2.23. The zero-order valence-electron chi connectivity index (χ0n) is 10.5.